The standard InChI is InChI=1S/C15H23ClN2O2S/c1-10(2)12-5-3-4-6-14(12)18-21(19,20)15-9-11(16)7-8-13(15)17/h7-10,12,14,18H,3-6,17H2,1-2H3. The van der Waals surface area contributed by atoms with Crippen molar-refractivity contribution in [2.75, 3.05) is 5.73 Å². The van der Waals surface area contributed by atoms with E-state index in [0.29, 0.717) is 16.9 Å². The summed E-state index contributed by atoms with van der Waals surface area (Å²) in [5.41, 5.74) is 6.02. The van der Waals surface area contributed by atoms with Crippen LogP contribution in [0.5, 0.6) is 0 Å². The van der Waals surface area contributed by atoms with Crippen LogP contribution in [0, 0.1) is 11.8 Å². The van der Waals surface area contributed by atoms with Gasteiger partial charge in [0.25, 0.3) is 0 Å². The third-order valence-electron chi connectivity index (χ3n) is 4.25. The van der Waals surface area contributed by atoms with Crippen LogP contribution in [-0.4, -0.2) is 14.5 Å². The highest BCUT2D eigenvalue weighted by atomic mass is 35.5. The quantitative estimate of drug-likeness (QED) is 0.831. The number of nitrogen functional groups attached to an aromatic ring is 1. The number of hydrogen-bond donors (Lipinski definition) is 2. The molecule has 1 aliphatic rings. The minimum atomic E-state index is -3.64. The Morgan fingerprint density at radius 2 is 1.95 bits per heavy atom. The van der Waals surface area contributed by atoms with Gasteiger partial charge < -0.3 is 5.73 Å². The van der Waals surface area contributed by atoms with Gasteiger partial charge in [-0.15, -0.1) is 0 Å². The van der Waals surface area contributed by atoms with E-state index in [1.54, 1.807) is 6.07 Å². The zero-order valence-corrected chi connectivity index (χ0v) is 14.0. The number of nitrogens with two attached hydrogens (primary N) is 1. The molecule has 0 saturated heterocycles. The molecule has 1 aliphatic carbocycles. The summed E-state index contributed by atoms with van der Waals surface area (Å²) in [6.45, 7) is 4.29. The highest BCUT2D eigenvalue weighted by Gasteiger charge is 2.31. The summed E-state index contributed by atoms with van der Waals surface area (Å²) in [5.74, 6) is 0.823. The highest BCUT2D eigenvalue weighted by molar-refractivity contribution is 7.89. The van der Waals surface area contributed by atoms with Crippen LogP contribution in [0.2, 0.25) is 5.02 Å². The molecule has 1 saturated carbocycles. The largest absolute Gasteiger partial charge is 0.398 e. The Labute approximate surface area is 132 Å². The van der Waals surface area contributed by atoms with Gasteiger partial charge in [-0.05, 0) is 42.9 Å². The first-order chi connectivity index (χ1) is 9.81. The molecular weight excluding hydrogens is 308 g/mol. The Morgan fingerprint density at radius 1 is 1.29 bits per heavy atom. The van der Waals surface area contributed by atoms with E-state index in [-0.39, 0.29) is 16.6 Å². The summed E-state index contributed by atoms with van der Waals surface area (Å²) in [6.07, 6.45) is 4.17. The highest BCUT2D eigenvalue weighted by Crippen LogP contribution is 2.32. The van der Waals surface area contributed by atoms with E-state index in [9.17, 15) is 8.42 Å². The maximum Gasteiger partial charge on any atom is 0.242 e. The lowest BCUT2D eigenvalue weighted by molar-refractivity contribution is 0.226. The van der Waals surface area contributed by atoms with Crippen molar-refractivity contribution in [1.82, 2.24) is 4.72 Å². The monoisotopic (exact) mass is 330 g/mol. The van der Waals surface area contributed by atoms with Gasteiger partial charge in [0.05, 0.1) is 5.69 Å². The average molecular weight is 331 g/mol. The predicted molar refractivity (Wildman–Crippen MR) is 86.8 cm³/mol. The Balaban J connectivity index is 2.25. The molecule has 118 valence electrons. The molecule has 0 amide bonds. The van der Waals surface area contributed by atoms with E-state index in [1.165, 1.54) is 18.6 Å². The van der Waals surface area contributed by atoms with Gasteiger partial charge >= 0.3 is 0 Å². The molecule has 6 heteroatoms. The number of anilines is 1. The molecule has 0 heterocycles. The number of halogens is 1. The summed E-state index contributed by atoms with van der Waals surface area (Å²) in [6, 6.07) is 4.50. The first kappa shape index (κ1) is 16.6. The van der Waals surface area contributed by atoms with Crippen molar-refractivity contribution < 1.29 is 8.42 Å². The number of rotatable bonds is 4. The third kappa shape index (κ3) is 3.90. The predicted octanol–water partition coefficient (Wildman–Crippen LogP) is 3.42. The van der Waals surface area contributed by atoms with Crippen molar-refractivity contribution in [2.24, 2.45) is 11.8 Å². The van der Waals surface area contributed by atoms with Gasteiger partial charge in [0.15, 0.2) is 0 Å². The fraction of sp³-hybridized carbons (Fsp3) is 0.600. The van der Waals surface area contributed by atoms with Gasteiger partial charge in [-0.1, -0.05) is 38.3 Å². The lowest BCUT2D eigenvalue weighted by Gasteiger charge is -2.34. The van der Waals surface area contributed by atoms with E-state index < -0.39 is 10.0 Å². The van der Waals surface area contributed by atoms with Gasteiger partial charge in [0, 0.05) is 11.1 Å². The third-order valence-corrected chi connectivity index (χ3v) is 6.03. The maximum atomic E-state index is 12.6. The molecule has 4 nitrogen and oxygen atoms in total. The second-order valence-electron chi connectivity index (χ2n) is 6.10. The SMILES string of the molecule is CC(C)C1CCCCC1NS(=O)(=O)c1cc(Cl)ccc1N. The van der Waals surface area contributed by atoms with E-state index in [0.717, 1.165) is 19.3 Å². The van der Waals surface area contributed by atoms with Gasteiger partial charge in [-0.25, -0.2) is 13.1 Å². The lowest BCUT2D eigenvalue weighted by atomic mass is 9.78. The van der Waals surface area contributed by atoms with E-state index in [2.05, 4.69) is 18.6 Å². The molecule has 1 aromatic carbocycles. The molecule has 21 heavy (non-hydrogen) atoms. The van der Waals surface area contributed by atoms with Crippen molar-refractivity contribution in [3.63, 3.8) is 0 Å². The summed E-state index contributed by atoms with van der Waals surface area (Å²) in [4.78, 5) is 0.0723. The fourth-order valence-electron chi connectivity index (χ4n) is 3.11. The average Bonchev–Trinajstić information content (AvgIpc) is 2.41. The minimum Gasteiger partial charge on any atom is -0.398 e. The first-order valence-electron chi connectivity index (χ1n) is 7.38. The molecule has 2 unspecified atom stereocenters. The van der Waals surface area contributed by atoms with Crippen molar-refractivity contribution in [3.05, 3.63) is 23.2 Å². The maximum absolute atomic E-state index is 12.6. The van der Waals surface area contributed by atoms with Crippen LogP contribution < -0.4 is 10.5 Å². The molecule has 0 aromatic heterocycles. The summed E-state index contributed by atoms with van der Waals surface area (Å²) >= 11 is 5.90. The van der Waals surface area contributed by atoms with Gasteiger partial charge in [-0.3, -0.25) is 0 Å². The number of benzene rings is 1. The Bertz CT molecular complexity index is 602. The molecule has 0 radical (unpaired) electrons. The Hall–Kier alpha value is -0.780. The van der Waals surface area contributed by atoms with Crippen LogP contribution in [0.15, 0.2) is 23.1 Å². The van der Waals surface area contributed by atoms with Crippen molar-refractivity contribution in [3.8, 4) is 0 Å². The molecule has 0 spiro atoms. The van der Waals surface area contributed by atoms with E-state index >= 15 is 0 Å². The molecule has 2 rings (SSSR count). The minimum absolute atomic E-state index is 0.0258. The molecule has 1 fully saturated rings. The van der Waals surface area contributed by atoms with Crippen molar-refractivity contribution in [1.29, 1.82) is 0 Å². The molecule has 0 bridgehead atoms. The second kappa shape index (κ2) is 6.55. The zero-order chi connectivity index (χ0) is 15.6. The number of sulfonamides is 1. The van der Waals surface area contributed by atoms with Crippen LogP contribution in [-0.2, 0) is 10.0 Å². The van der Waals surface area contributed by atoms with Crippen LogP contribution in [0.4, 0.5) is 5.69 Å². The van der Waals surface area contributed by atoms with Crippen LogP contribution in [0.1, 0.15) is 39.5 Å². The molecule has 2 atom stereocenters. The fourth-order valence-corrected chi connectivity index (χ4v) is 4.82. The zero-order valence-electron chi connectivity index (χ0n) is 12.5. The van der Waals surface area contributed by atoms with E-state index in [4.69, 9.17) is 17.3 Å². The van der Waals surface area contributed by atoms with Gasteiger partial charge in [0.2, 0.25) is 10.0 Å². The van der Waals surface area contributed by atoms with Crippen LogP contribution in [0.3, 0.4) is 0 Å². The van der Waals surface area contributed by atoms with Crippen LogP contribution in [0.25, 0.3) is 0 Å². The first-order valence-corrected chi connectivity index (χ1v) is 9.24. The van der Waals surface area contributed by atoms with Crippen molar-refractivity contribution >= 4 is 27.3 Å². The second-order valence-corrected chi connectivity index (χ2v) is 8.22. The molecule has 0 aliphatic heterocycles. The summed E-state index contributed by atoms with van der Waals surface area (Å²) < 4.78 is 28.0. The Morgan fingerprint density at radius 3 is 2.62 bits per heavy atom. The topological polar surface area (TPSA) is 72.2 Å². The number of hydrogen-bond acceptors (Lipinski definition) is 3. The van der Waals surface area contributed by atoms with Gasteiger partial charge in [0.1, 0.15) is 4.90 Å². The lowest BCUT2D eigenvalue weighted by Crippen LogP contribution is -2.44. The normalized spacial score (nSPS) is 23.4. The number of nitrogens with one attached hydrogen (secondary N) is 1. The molecule has 1 aromatic rings. The van der Waals surface area contributed by atoms with Gasteiger partial charge in [-0.2, -0.15) is 0 Å². The Kier molecular flexibility index (Phi) is 5.17. The summed E-state index contributed by atoms with van der Waals surface area (Å²) in [5, 5.41) is 0.369. The molecular formula is C15H23ClN2O2S. The molecule has 3 N–H and O–H groups in total. The van der Waals surface area contributed by atoms with E-state index in [1.807, 2.05) is 0 Å². The smallest absolute Gasteiger partial charge is 0.242 e. The summed E-state index contributed by atoms with van der Waals surface area (Å²) in [7, 11) is -3.64. The van der Waals surface area contributed by atoms with Crippen molar-refractivity contribution in [2.45, 2.75) is 50.5 Å². The van der Waals surface area contributed by atoms with Crippen LogP contribution >= 0.6 is 11.6 Å².